The van der Waals surface area contributed by atoms with Gasteiger partial charge in [0.15, 0.2) is 11.7 Å². The van der Waals surface area contributed by atoms with Gasteiger partial charge in [-0.1, -0.05) is 0 Å². The Kier molecular flexibility index (Phi) is 7.55. The molecule has 7 nitrogen and oxygen atoms in total. The summed E-state index contributed by atoms with van der Waals surface area (Å²) in [6.07, 6.45) is 2.78. The molecule has 1 aromatic heterocycles. The second kappa shape index (κ2) is 9.42. The molecule has 140 valence electrons. The van der Waals surface area contributed by atoms with E-state index in [-0.39, 0.29) is 29.9 Å². The number of furan rings is 1. The third-order valence-corrected chi connectivity index (χ3v) is 4.85. The monoisotopic (exact) mass is 461 g/mol. The van der Waals surface area contributed by atoms with Gasteiger partial charge in [-0.2, -0.15) is 0 Å². The summed E-state index contributed by atoms with van der Waals surface area (Å²) in [4.78, 5) is 23.1. The van der Waals surface area contributed by atoms with E-state index in [2.05, 4.69) is 27.2 Å². The van der Waals surface area contributed by atoms with Crippen molar-refractivity contribution in [3.05, 3.63) is 24.2 Å². The average Bonchev–Trinajstić information content (AvgIpc) is 3.27. The Morgan fingerprint density at radius 3 is 2.56 bits per heavy atom. The van der Waals surface area contributed by atoms with Crippen molar-refractivity contribution in [2.75, 3.05) is 59.9 Å². The van der Waals surface area contributed by atoms with E-state index in [9.17, 15) is 4.79 Å². The lowest BCUT2D eigenvalue weighted by Gasteiger charge is -2.36. The van der Waals surface area contributed by atoms with Gasteiger partial charge < -0.3 is 24.4 Å². The minimum absolute atomic E-state index is 0. The van der Waals surface area contributed by atoms with Crippen LogP contribution in [0.4, 0.5) is 0 Å². The second-order valence-corrected chi connectivity index (χ2v) is 6.60. The number of carbonyl (C=O) groups is 1. The van der Waals surface area contributed by atoms with Gasteiger partial charge in [0, 0.05) is 46.3 Å². The van der Waals surface area contributed by atoms with Crippen LogP contribution in [0.15, 0.2) is 27.8 Å². The molecule has 0 saturated carbocycles. The van der Waals surface area contributed by atoms with Crippen LogP contribution in [0.5, 0.6) is 0 Å². The third kappa shape index (κ3) is 5.10. The SMILES string of the molecule is CN=C(NCC1CCN(C)C1)N1CCN(C(=O)c2ccco2)CC1.I. The number of nitrogens with one attached hydrogen (secondary N) is 1. The van der Waals surface area contributed by atoms with E-state index in [1.54, 1.807) is 12.1 Å². The summed E-state index contributed by atoms with van der Waals surface area (Å²) in [6, 6.07) is 3.46. The molecule has 0 aliphatic carbocycles. The maximum absolute atomic E-state index is 12.3. The number of piperazine rings is 1. The fourth-order valence-corrected chi connectivity index (χ4v) is 3.44. The molecule has 1 N–H and O–H groups in total. The van der Waals surface area contributed by atoms with Crippen LogP contribution < -0.4 is 5.32 Å². The smallest absolute Gasteiger partial charge is 0.289 e. The Bertz CT molecular complexity index is 570. The van der Waals surface area contributed by atoms with Crippen LogP contribution in [0.2, 0.25) is 0 Å². The first-order valence-corrected chi connectivity index (χ1v) is 8.64. The van der Waals surface area contributed by atoms with Crippen molar-refractivity contribution in [1.82, 2.24) is 20.0 Å². The van der Waals surface area contributed by atoms with Crippen molar-refractivity contribution in [3.63, 3.8) is 0 Å². The Morgan fingerprint density at radius 1 is 1.28 bits per heavy atom. The zero-order chi connectivity index (χ0) is 16.9. The van der Waals surface area contributed by atoms with Gasteiger partial charge in [0.05, 0.1) is 6.26 Å². The topological polar surface area (TPSA) is 64.3 Å². The first-order chi connectivity index (χ1) is 11.7. The predicted octanol–water partition coefficient (Wildman–Crippen LogP) is 1.18. The van der Waals surface area contributed by atoms with Crippen molar-refractivity contribution in [2.24, 2.45) is 10.9 Å². The van der Waals surface area contributed by atoms with Crippen LogP contribution in [-0.2, 0) is 0 Å². The third-order valence-electron chi connectivity index (χ3n) is 4.85. The quantitative estimate of drug-likeness (QED) is 0.416. The maximum Gasteiger partial charge on any atom is 0.289 e. The van der Waals surface area contributed by atoms with Gasteiger partial charge in [0.1, 0.15) is 0 Å². The Morgan fingerprint density at radius 2 is 2.00 bits per heavy atom. The molecule has 1 amide bonds. The van der Waals surface area contributed by atoms with E-state index in [0.29, 0.717) is 24.8 Å². The predicted molar refractivity (Wildman–Crippen MR) is 109 cm³/mol. The zero-order valence-corrected chi connectivity index (χ0v) is 17.3. The summed E-state index contributed by atoms with van der Waals surface area (Å²) in [5.41, 5.74) is 0. The van der Waals surface area contributed by atoms with Gasteiger partial charge in [-0.3, -0.25) is 9.79 Å². The molecule has 1 aromatic rings. The molecule has 3 rings (SSSR count). The number of carbonyl (C=O) groups excluding carboxylic acids is 1. The highest BCUT2D eigenvalue weighted by Crippen LogP contribution is 2.13. The normalized spacial score (nSPS) is 22.0. The molecule has 0 bridgehead atoms. The summed E-state index contributed by atoms with van der Waals surface area (Å²) in [7, 11) is 3.99. The molecule has 2 saturated heterocycles. The van der Waals surface area contributed by atoms with Crippen molar-refractivity contribution in [3.8, 4) is 0 Å². The highest BCUT2D eigenvalue weighted by Gasteiger charge is 2.26. The fourth-order valence-electron chi connectivity index (χ4n) is 3.44. The molecular weight excluding hydrogens is 433 g/mol. The van der Waals surface area contributed by atoms with Crippen LogP contribution in [0.1, 0.15) is 17.0 Å². The Hall–Kier alpha value is -1.29. The van der Waals surface area contributed by atoms with E-state index >= 15 is 0 Å². The molecule has 0 spiro atoms. The van der Waals surface area contributed by atoms with Crippen LogP contribution in [0, 0.1) is 5.92 Å². The largest absolute Gasteiger partial charge is 0.459 e. The zero-order valence-electron chi connectivity index (χ0n) is 15.0. The maximum atomic E-state index is 12.3. The number of likely N-dealkylation sites (tertiary alicyclic amines) is 1. The minimum atomic E-state index is -0.0309. The summed E-state index contributed by atoms with van der Waals surface area (Å²) in [5, 5.41) is 3.50. The first-order valence-electron chi connectivity index (χ1n) is 8.64. The minimum Gasteiger partial charge on any atom is -0.459 e. The molecule has 2 fully saturated rings. The van der Waals surface area contributed by atoms with E-state index in [1.807, 2.05) is 11.9 Å². The summed E-state index contributed by atoms with van der Waals surface area (Å²) >= 11 is 0. The lowest BCUT2D eigenvalue weighted by molar-refractivity contribution is 0.0657. The first kappa shape index (κ1) is 20.0. The summed E-state index contributed by atoms with van der Waals surface area (Å²) < 4.78 is 5.20. The lowest BCUT2D eigenvalue weighted by atomic mass is 10.1. The molecule has 1 unspecified atom stereocenters. The fraction of sp³-hybridized carbons (Fsp3) is 0.647. The number of nitrogens with zero attached hydrogens (tertiary/aromatic N) is 4. The molecule has 2 aliphatic rings. The van der Waals surface area contributed by atoms with E-state index < -0.39 is 0 Å². The Balaban J connectivity index is 0.00000225. The van der Waals surface area contributed by atoms with E-state index in [0.717, 1.165) is 32.1 Å². The molecule has 2 aliphatic heterocycles. The summed E-state index contributed by atoms with van der Waals surface area (Å²) in [5.74, 6) is 2.01. The standard InChI is InChI=1S/C17H27N5O2.HI/c1-18-17(19-12-14-5-6-20(2)13-14)22-9-7-21(8-10-22)16(23)15-4-3-11-24-15;/h3-4,11,14H,5-10,12-13H2,1-2H3,(H,18,19);1H. The van der Waals surface area contributed by atoms with Crippen molar-refractivity contribution < 1.29 is 9.21 Å². The van der Waals surface area contributed by atoms with Crippen LogP contribution in [0.25, 0.3) is 0 Å². The highest BCUT2D eigenvalue weighted by molar-refractivity contribution is 14.0. The summed E-state index contributed by atoms with van der Waals surface area (Å²) in [6.45, 7) is 6.24. The number of rotatable bonds is 3. The van der Waals surface area contributed by atoms with Gasteiger partial charge in [-0.15, -0.1) is 24.0 Å². The van der Waals surface area contributed by atoms with Crippen molar-refractivity contribution >= 4 is 35.8 Å². The number of hydrogen-bond donors (Lipinski definition) is 1. The molecule has 25 heavy (non-hydrogen) atoms. The Labute approximate surface area is 166 Å². The van der Waals surface area contributed by atoms with Crippen LogP contribution in [-0.4, -0.2) is 86.5 Å². The second-order valence-electron chi connectivity index (χ2n) is 6.60. The van der Waals surface area contributed by atoms with Gasteiger partial charge in [0.25, 0.3) is 5.91 Å². The molecule has 8 heteroatoms. The highest BCUT2D eigenvalue weighted by atomic mass is 127. The van der Waals surface area contributed by atoms with Crippen LogP contribution in [0.3, 0.4) is 0 Å². The van der Waals surface area contributed by atoms with Crippen LogP contribution >= 0.6 is 24.0 Å². The van der Waals surface area contributed by atoms with Gasteiger partial charge in [-0.05, 0) is 38.1 Å². The van der Waals surface area contributed by atoms with E-state index in [1.165, 1.54) is 19.2 Å². The van der Waals surface area contributed by atoms with Gasteiger partial charge in [-0.25, -0.2) is 0 Å². The van der Waals surface area contributed by atoms with E-state index in [4.69, 9.17) is 4.42 Å². The van der Waals surface area contributed by atoms with Crippen molar-refractivity contribution in [2.45, 2.75) is 6.42 Å². The number of guanidine groups is 1. The van der Waals surface area contributed by atoms with Gasteiger partial charge in [0.2, 0.25) is 0 Å². The molecule has 0 aromatic carbocycles. The number of aliphatic imine (C=N–C) groups is 1. The molecule has 3 heterocycles. The molecular formula is C17H28IN5O2. The lowest BCUT2D eigenvalue weighted by Crippen LogP contribution is -2.54. The number of halogens is 1. The van der Waals surface area contributed by atoms with Gasteiger partial charge >= 0.3 is 0 Å². The number of hydrogen-bond acceptors (Lipinski definition) is 4. The number of amides is 1. The molecule has 1 atom stereocenters. The molecule has 0 radical (unpaired) electrons. The van der Waals surface area contributed by atoms with Crippen molar-refractivity contribution in [1.29, 1.82) is 0 Å². The average molecular weight is 461 g/mol.